The minimum atomic E-state index is -0.356. The monoisotopic (exact) mass is 256 g/mol. The number of aliphatic hydroxyl groups excluding tert-OH is 1. The summed E-state index contributed by atoms with van der Waals surface area (Å²) >= 11 is 0. The highest BCUT2D eigenvalue weighted by atomic mass is 16.3. The molecule has 0 bridgehead atoms. The topological polar surface area (TPSA) is 28.4 Å². The van der Waals surface area contributed by atoms with Gasteiger partial charge in [-0.2, -0.15) is 0 Å². The highest BCUT2D eigenvalue weighted by molar-refractivity contribution is 5.86. The van der Waals surface area contributed by atoms with Crippen molar-refractivity contribution in [2.24, 2.45) is 0 Å². The number of likely N-dealkylation sites (N-methyl/N-ethyl adjacent to an activating group) is 1. The molecule has 0 amide bonds. The second-order valence-corrected chi connectivity index (χ2v) is 5.91. The molecule has 1 N–H and O–H groups in total. The molecular formula is C16H20N2O. The second kappa shape index (κ2) is 4.09. The molecule has 4 rings (SSSR count). The lowest BCUT2D eigenvalue weighted by atomic mass is 9.95. The summed E-state index contributed by atoms with van der Waals surface area (Å²) in [6.45, 7) is 1.13. The Morgan fingerprint density at radius 2 is 2.05 bits per heavy atom. The Hall–Kier alpha value is -1.32. The van der Waals surface area contributed by atoms with Crippen LogP contribution in [-0.4, -0.2) is 28.2 Å². The number of fused-ring (bicyclic) bond motifs is 3. The number of para-hydroxylation sites is 1. The molecule has 2 aliphatic rings. The van der Waals surface area contributed by atoms with Gasteiger partial charge in [0.15, 0.2) is 0 Å². The number of rotatable bonds is 0. The van der Waals surface area contributed by atoms with Gasteiger partial charge in [0.1, 0.15) is 6.23 Å². The van der Waals surface area contributed by atoms with Crippen molar-refractivity contribution in [3.05, 3.63) is 35.5 Å². The van der Waals surface area contributed by atoms with Crippen LogP contribution in [0.2, 0.25) is 0 Å². The average molecular weight is 256 g/mol. The van der Waals surface area contributed by atoms with E-state index in [2.05, 4.69) is 40.8 Å². The van der Waals surface area contributed by atoms with E-state index in [1.165, 1.54) is 22.2 Å². The number of nitrogens with zero attached hydrogens (tertiary/aromatic N) is 2. The third kappa shape index (κ3) is 1.52. The van der Waals surface area contributed by atoms with Crippen LogP contribution < -0.4 is 0 Å². The predicted molar refractivity (Wildman–Crippen MR) is 76.1 cm³/mol. The zero-order valence-corrected chi connectivity index (χ0v) is 11.3. The van der Waals surface area contributed by atoms with Crippen molar-refractivity contribution < 1.29 is 5.11 Å². The van der Waals surface area contributed by atoms with Gasteiger partial charge in [-0.15, -0.1) is 0 Å². The zero-order valence-electron chi connectivity index (χ0n) is 11.3. The number of hydrogen-bond donors (Lipinski definition) is 1. The van der Waals surface area contributed by atoms with Crippen LogP contribution in [0.1, 0.15) is 42.8 Å². The lowest BCUT2D eigenvalue weighted by molar-refractivity contribution is 0.0980. The van der Waals surface area contributed by atoms with Crippen molar-refractivity contribution in [1.82, 2.24) is 9.47 Å². The summed E-state index contributed by atoms with van der Waals surface area (Å²) in [5.41, 5.74) is 4.06. The molecule has 2 aliphatic heterocycles. The average Bonchev–Trinajstić information content (AvgIpc) is 2.65. The van der Waals surface area contributed by atoms with Crippen LogP contribution >= 0.6 is 0 Å². The van der Waals surface area contributed by atoms with Gasteiger partial charge in [-0.3, -0.25) is 4.90 Å². The van der Waals surface area contributed by atoms with E-state index in [9.17, 15) is 5.11 Å². The summed E-state index contributed by atoms with van der Waals surface area (Å²) in [7, 11) is 2.22. The first kappa shape index (κ1) is 11.5. The van der Waals surface area contributed by atoms with Gasteiger partial charge in [-0.05, 0) is 44.4 Å². The molecule has 3 heteroatoms. The van der Waals surface area contributed by atoms with Crippen LogP contribution in [0, 0.1) is 0 Å². The Labute approximate surface area is 113 Å². The second-order valence-electron chi connectivity index (χ2n) is 5.91. The van der Waals surface area contributed by atoms with Crippen molar-refractivity contribution in [2.45, 2.75) is 38.0 Å². The van der Waals surface area contributed by atoms with Gasteiger partial charge < -0.3 is 9.67 Å². The summed E-state index contributed by atoms with van der Waals surface area (Å²) in [5.74, 6) is 0. The molecule has 0 fully saturated rings. The van der Waals surface area contributed by atoms with E-state index < -0.39 is 0 Å². The third-order valence-electron chi connectivity index (χ3n) is 4.86. The Bertz CT molecular complexity index is 631. The SMILES string of the molecule is CN1CCc2c3n(c4ccccc24)[C@H](O)CCC[C@@H]31. The molecule has 2 aromatic rings. The van der Waals surface area contributed by atoms with E-state index in [0.717, 1.165) is 32.2 Å². The maximum Gasteiger partial charge on any atom is 0.131 e. The zero-order chi connectivity index (χ0) is 13.0. The number of hydrogen-bond acceptors (Lipinski definition) is 2. The summed E-state index contributed by atoms with van der Waals surface area (Å²) in [6, 6.07) is 9.03. The molecule has 0 saturated carbocycles. The van der Waals surface area contributed by atoms with Gasteiger partial charge in [0.25, 0.3) is 0 Å². The highest BCUT2D eigenvalue weighted by Crippen LogP contribution is 2.43. The minimum absolute atomic E-state index is 0.356. The van der Waals surface area contributed by atoms with E-state index >= 15 is 0 Å². The summed E-state index contributed by atoms with van der Waals surface area (Å²) in [5, 5.41) is 11.9. The summed E-state index contributed by atoms with van der Waals surface area (Å²) in [6.07, 6.45) is 3.88. The van der Waals surface area contributed by atoms with E-state index in [1.54, 1.807) is 0 Å². The molecule has 0 radical (unpaired) electrons. The normalized spacial score (nSPS) is 27.3. The van der Waals surface area contributed by atoms with E-state index in [1.807, 2.05) is 0 Å². The third-order valence-corrected chi connectivity index (χ3v) is 4.86. The molecule has 3 heterocycles. The largest absolute Gasteiger partial charge is 0.373 e. The molecule has 3 nitrogen and oxygen atoms in total. The highest BCUT2D eigenvalue weighted by Gasteiger charge is 2.34. The van der Waals surface area contributed by atoms with Crippen molar-refractivity contribution in [3.63, 3.8) is 0 Å². The maximum absolute atomic E-state index is 10.5. The van der Waals surface area contributed by atoms with Gasteiger partial charge in [0.05, 0.1) is 11.6 Å². The summed E-state index contributed by atoms with van der Waals surface area (Å²) < 4.78 is 2.21. The predicted octanol–water partition coefficient (Wildman–Crippen LogP) is 2.85. The van der Waals surface area contributed by atoms with Gasteiger partial charge >= 0.3 is 0 Å². The van der Waals surface area contributed by atoms with Crippen molar-refractivity contribution in [3.8, 4) is 0 Å². The van der Waals surface area contributed by atoms with Crippen LogP contribution in [0.3, 0.4) is 0 Å². The standard InChI is InChI=1S/C16H20N2O/c1-17-10-9-12-11-5-2-3-6-13(11)18-15(19)8-4-7-14(17)16(12)18/h2-3,5-6,14-15,19H,4,7-10H2,1H3/t14-,15+/m0/s1. The quantitative estimate of drug-likeness (QED) is 0.785. The minimum Gasteiger partial charge on any atom is -0.373 e. The lowest BCUT2D eigenvalue weighted by Gasteiger charge is -2.33. The van der Waals surface area contributed by atoms with Gasteiger partial charge in [-0.1, -0.05) is 18.2 Å². The molecule has 0 aliphatic carbocycles. The van der Waals surface area contributed by atoms with E-state index in [-0.39, 0.29) is 6.23 Å². The Kier molecular flexibility index (Phi) is 2.47. The van der Waals surface area contributed by atoms with Crippen LogP contribution in [0.25, 0.3) is 10.9 Å². The first-order valence-corrected chi connectivity index (χ1v) is 7.27. The fourth-order valence-electron chi connectivity index (χ4n) is 3.93. The fourth-order valence-corrected chi connectivity index (χ4v) is 3.93. The molecule has 0 unspecified atom stereocenters. The number of benzene rings is 1. The van der Waals surface area contributed by atoms with Crippen LogP contribution in [0.5, 0.6) is 0 Å². The van der Waals surface area contributed by atoms with E-state index in [4.69, 9.17) is 0 Å². The Morgan fingerprint density at radius 3 is 2.95 bits per heavy atom. The molecular weight excluding hydrogens is 236 g/mol. The van der Waals surface area contributed by atoms with E-state index in [0.29, 0.717) is 6.04 Å². The Morgan fingerprint density at radius 1 is 1.21 bits per heavy atom. The first-order valence-electron chi connectivity index (χ1n) is 7.27. The smallest absolute Gasteiger partial charge is 0.131 e. The molecule has 2 atom stereocenters. The van der Waals surface area contributed by atoms with Gasteiger partial charge in [0, 0.05) is 17.6 Å². The van der Waals surface area contributed by atoms with Crippen molar-refractivity contribution >= 4 is 10.9 Å². The van der Waals surface area contributed by atoms with Crippen LogP contribution in [0.4, 0.5) is 0 Å². The molecule has 1 aromatic heterocycles. The van der Waals surface area contributed by atoms with Crippen LogP contribution in [0.15, 0.2) is 24.3 Å². The number of aliphatic hydroxyl groups is 1. The van der Waals surface area contributed by atoms with Crippen LogP contribution in [-0.2, 0) is 6.42 Å². The molecule has 1 aromatic carbocycles. The van der Waals surface area contributed by atoms with Crippen molar-refractivity contribution in [1.29, 1.82) is 0 Å². The van der Waals surface area contributed by atoms with Gasteiger partial charge in [-0.25, -0.2) is 0 Å². The molecule has 100 valence electrons. The molecule has 0 saturated heterocycles. The van der Waals surface area contributed by atoms with Crippen molar-refractivity contribution in [2.75, 3.05) is 13.6 Å². The first-order chi connectivity index (χ1) is 9.27. The lowest BCUT2D eigenvalue weighted by Crippen LogP contribution is -2.32. The summed E-state index contributed by atoms with van der Waals surface area (Å²) in [4.78, 5) is 2.45. The fraction of sp³-hybridized carbons (Fsp3) is 0.500. The maximum atomic E-state index is 10.5. The molecule has 0 spiro atoms. The van der Waals surface area contributed by atoms with Gasteiger partial charge in [0.2, 0.25) is 0 Å². The number of aromatic nitrogens is 1. The molecule has 19 heavy (non-hydrogen) atoms. The Balaban J connectivity index is 2.08.